The monoisotopic (exact) mass is 193 g/mol. The second kappa shape index (κ2) is 3.35. The summed E-state index contributed by atoms with van der Waals surface area (Å²) in [5.41, 5.74) is 1.17. The summed E-state index contributed by atoms with van der Waals surface area (Å²) >= 11 is 0. The van der Waals surface area contributed by atoms with Crippen LogP contribution in [0.2, 0.25) is 0 Å². The third-order valence-electron chi connectivity index (χ3n) is 2.54. The Kier molecular flexibility index (Phi) is 2.31. The second-order valence-electron chi connectivity index (χ2n) is 3.94. The lowest BCUT2D eigenvalue weighted by atomic mass is 10.0. The Balaban J connectivity index is 2.21. The van der Waals surface area contributed by atoms with Crippen LogP contribution in [0, 0.1) is 0 Å². The predicted molar refractivity (Wildman–Crippen MR) is 53.3 cm³/mol. The first-order chi connectivity index (χ1) is 6.58. The Hall–Kier alpha value is -0.900. The molecule has 1 saturated heterocycles. The summed E-state index contributed by atoms with van der Waals surface area (Å²) in [7, 11) is 1.85. The Morgan fingerprint density at radius 2 is 2.07 bits per heavy atom. The van der Waals surface area contributed by atoms with Gasteiger partial charge in [0, 0.05) is 13.5 Å². The van der Waals surface area contributed by atoms with Crippen LogP contribution in [0.15, 0.2) is 30.3 Å². The molecule has 2 rings (SSSR count). The van der Waals surface area contributed by atoms with E-state index in [0.717, 1.165) is 0 Å². The summed E-state index contributed by atoms with van der Waals surface area (Å²) in [6.45, 7) is 1.69. The van der Waals surface area contributed by atoms with Crippen molar-refractivity contribution in [1.82, 2.24) is 5.06 Å². The van der Waals surface area contributed by atoms with E-state index in [4.69, 9.17) is 4.84 Å². The highest BCUT2D eigenvalue weighted by Crippen LogP contribution is 2.37. The number of hydrogen-bond acceptors (Lipinski definition) is 3. The van der Waals surface area contributed by atoms with Gasteiger partial charge in [0.05, 0.1) is 6.04 Å². The van der Waals surface area contributed by atoms with Crippen molar-refractivity contribution in [2.75, 3.05) is 7.05 Å². The van der Waals surface area contributed by atoms with E-state index in [1.165, 1.54) is 5.56 Å². The molecule has 3 heteroatoms. The lowest BCUT2D eigenvalue weighted by Gasteiger charge is -2.17. The summed E-state index contributed by atoms with van der Waals surface area (Å²) in [6, 6.07) is 10.2. The molecule has 1 aliphatic rings. The first-order valence-electron chi connectivity index (χ1n) is 4.78. The molecule has 0 radical (unpaired) electrons. The number of hydroxylamine groups is 2. The fourth-order valence-corrected chi connectivity index (χ4v) is 1.90. The van der Waals surface area contributed by atoms with Crippen LogP contribution in [0.1, 0.15) is 24.9 Å². The molecule has 76 valence electrons. The summed E-state index contributed by atoms with van der Waals surface area (Å²) in [6.07, 6.45) is 0.605. The predicted octanol–water partition coefficient (Wildman–Crippen LogP) is 1.70. The maximum absolute atomic E-state index is 9.73. The van der Waals surface area contributed by atoms with E-state index in [-0.39, 0.29) is 6.04 Å². The molecule has 2 unspecified atom stereocenters. The summed E-state index contributed by atoms with van der Waals surface area (Å²) in [5.74, 6) is -1.03. The average molecular weight is 193 g/mol. The topological polar surface area (TPSA) is 32.7 Å². The number of hydrogen-bond donors (Lipinski definition) is 1. The van der Waals surface area contributed by atoms with Crippen molar-refractivity contribution in [3.05, 3.63) is 35.9 Å². The number of aliphatic hydroxyl groups is 1. The van der Waals surface area contributed by atoms with Gasteiger partial charge in [0.15, 0.2) is 5.79 Å². The van der Waals surface area contributed by atoms with E-state index >= 15 is 0 Å². The fourth-order valence-electron chi connectivity index (χ4n) is 1.90. The maximum atomic E-state index is 9.73. The number of benzene rings is 1. The van der Waals surface area contributed by atoms with Crippen molar-refractivity contribution in [2.45, 2.75) is 25.2 Å². The molecule has 1 heterocycles. The molecule has 1 aromatic rings. The van der Waals surface area contributed by atoms with Crippen molar-refractivity contribution in [3.8, 4) is 0 Å². The lowest BCUT2D eigenvalue weighted by Crippen LogP contribution is -2.24. The van der Waals surface area contributed by atoms with E-state index < -0.39 is 5.79 Å². The van der Waals surface area contributed by atoms with Crippen molar-refractivity contribution in [3.63, 3.8) is 0 Å². The van der Waals surface area contributed by atoms with E-state index in [2.05, 4.69) is 0 Å². The molecule has 0 aromatic heterocycles. The van der Waals surface area contributed by atoms with Crippen LogP contribution >= 0.6 is 0 Å². The first kappa shape index (κ1) is 9.65. The zero-order valence-corrected chi connectivity index (χ0v) is 8.47. The summed E-state index contributed by atoms with van der Waals surface area (Å²) < 4.78 is 0. The highest BCUT2D eigenvalue weighted by molar-refractivity contribution is 5.19. The van der Waals surface area contributed by atoms with Gasteiger partial charge in [-0.05, 0) is 12.5 Å². The Morgan fingerprint density at radius 1 is 1.43 bits per heavy atom. The Labute approximate surface area is 83.9 Å². The molecular weight excluding hydrogens is 178 g/mol. The van der Waals surface area contributed by atoms with Crippen LogP contribution in [-0.4, -0.2) is 23.0 Å². The maximum Gasteiger partial charge on any atom is 0.184 e. The van der Waals surface area contributed by atoms with Gasteiger partial charge in [0.25, 0.3) is 0 Å². The molecule has 0 saturated carbocycles. The van der Waals surface area contributed by atoms with Gasteiger partial charge in [0.2, 0.25) is 0 Å². The fraction of sp³-hybridized carbons (Fsp3) is 0.455. The zero-order valence-electron chi connectivity index (χ0n) is 8.47. The van der Waals surface area contributed by atoms with Crippen LogP contribution in [0.25, 0.3) is 0 Å². The van der Waals surface area contributed by atoms with Gasteiger partial charge >= 0.3 is 0 Å². The normalized spacial score (nSPS) is 33.5. The highest BCUT2D eigenvalue weighted by atomic mass is 16.8. The van der Waals surface area contributed by atoms with E-state index in [1.807, 2.05) is 37.4 Å². The molecule has 1 aromatic carbocycles. The minimum atomic E-state index is -1.03. The van der Waals surface area contributed by atoms with Gasteiger partial charge in [-0.15, -0.1) is 0 Å². The van der Waals surface area contributed by atoms with E-state index in [9.17, 15) is 5.11 Å². The molecule has 0 amide bonds. The van der Waals surface area contributed by atoms with Gasteiger partial charge in [0.1, 0.15) is 0 Å². The van der Waals surface area contributed by atoms with Gasteiger partial charge in [-0.25, -0.2) is 0 Å². The van der Waals surface area contributed by atoms with Crippen LogP contribution in [0.3, 0.4) is 0 Å². The third-order valence-corrected chi connectivity index (χ3v) is 2.54. The molecule has 1 N–H and O–H groups in total. The van der Waals surface area contributed by atoms with Crippen LogP contribution in [0.5, 0.6) is 0 Å². The molecule has 2 atom stereocenters. The van der Waals surface area contributed by atoms with Crippen molar-refractivity contribution < 1.29 is 9.94 Å². The third kappa shape index (κ3) is 1.80. The van der Waals surface area contributed by atoms with Crippen molar-refractivity contribution in [1.29, 1.82) is 0 Å². The average Bonchev–Trinajstić information content (AvgIpc) is 2.41. The SMILES string of the molecule is CN1OC(C)(O)CC1c1ccccc1. The standard InChI is InChI=1S/C11H15NO2/c1-11(13)8-10(12(2)14-11)9-6-4-3-5-7-9/h3-7,10,13H,8H2,1-2H3. The van der Waals surface area contributed by atoms with Crippen molar-refractivity contribution >= 4 is 0 Å². The molecular formula is C11H15NO2. The summed E-state index contributed by atoms with van der Waals surface area (Å²) in [5, 5.41) is 11.5. The molecule has 1 fully saturated rings. The molecule has 0 spiro atoms. The lowest BCUT2D eigenvalue weighted by molar-refractivity contribution is -0.268. The highest BCUT2D eigenvalue weighted by Gasteiger charge is 2.39. The van der Waals surface area contributed by atoms with Gasteiger partial charge in [-0.2, -0.15) is 5.06 Å². The Bertz CT molecular complexity index is 310. The van der Waals surface area contributed by atoms with Crippen LogP contribution in [0.4, 0.5) is 0 Å². The molecule has 0 aliphatic carbocycles. The van der Waals surface area contributed by atoms with Crippen LogP contribution < -0.4 is 0 Å². The largest absolute Gasteiger partial charge is 0.364 e. The second-order valence-corrected chi connectivity index (χ2v) is 3.94. The van der Waals surface area contributed by atoms with Gasteiger partial charge in [-0.3, -0.25) is 4.84 Å². The molecule has 3 nitrogen and oxygen atoms in total. The van der Waals surface area contributed by atoms with E-state index in [1.54, 1.807) is 12.0 Å². The van der Waals surface area contributed by atoms with Gasteiger partial charge in [-0.1, -0.05) is 30.3 Å². The number of nitrogens with zero attached hydrogens (tertiary/aromatic N) is 1. The van der Waals surface area contributed by atoms with Crippen molar-refractivity contribution in [2.24, 2.45) is 0 Å². The van der Waals surface area contributed by atoms with Crippen LogP contribution in [-0.2, 0) is 4.84 Å². The van der Waals surface area contributed by atoms with Gasteiger partial charge < -0.3 is 5.11 Å². The quantitative estimate of drug-likeness (QED) is 0.737. The smallest absolute Gasteiger partial charge is 0.184 e. The minimum absolute atomic E-state index is 0.145. The minimum Gasteiger partial charge on any atom is -0.364 e. The number of rotatable bonds is 1. The summed E-state index contributed by atoms with van der Waals surface area (Å²) in [4.78, 5) is 5.30. The molecule has 1 aliphatic heterocycles. The molecule has 14 heavy (non-hydrogen) atoms. The Morgan fingerprint density at radius 3 is 2.57 bits per heavy atom. The molecule has 0 bridgehead atoms. The van der Waals surface area contributed by atoms with E-state index in [0.29, 0.717) is 6.42 Å². The zero-order chi connectivity index (χ0) is 10.2. The first-order valence-corrected chi connectivity index (χ1v) is 4.78.